The molecule has 0 spiro atoms. The number of benzene rings is 1. The number of hydrogen-bond acceptors (Lipinski definition) is 1. The Morgan fingerprint density at radius 1 is 1.46 bits per heavy atom. The minimum atomic E-state index is -0.361. The first-order chi connectivity index (χ1) is 6.15. The van der Waals surface area contributed by atoms with Gasteiger partial charge in [-0.05, 0) is 46.5 Å². The summed E-state index contributed by atoms with van der Waals surface area (Å²) in [6.45, 7) is 0.106. The molecule has 0 heterocycles. The molecule has 72 valence electrons. The molecular weight excluding hydrogens is 258 g/mol. The first kappa shape index (κ1) is 11.0. The summed E-state index contributed by atoms with van der Waals surface area (Å²) in [5.41, 5.74) is 0.805. The van der Waals surface area contributed by atoms with Crippen molar-refractivity contribution in [3.05, 3.63) is 33.0 Å². The standard InChI is InChI=1S/C9H9BrClFO/c10-9-7(11)4-6(2-1-3-13)5-8(9)12/h4-5,13H,1-3H2. The fraction of sp³-hybridized carbons (Fsp3) is 0.333. The second-order valence-electron chi connectivity index (χ2n) is 2.70. The van der Waals surface area contributed by atoms with Crippen LogP contribution in [-0.2, 0) is 6.42 Å². The van der Waals surface area contributed by atoms with E-state index < -0.39 is 0 Å². The van der Waals surface area contributed by atoms with Crippen molar-refractivity contribution in [2.45, 2.75) is 12.8 Å². The fourth-order valence-corrected chi connectivity index (χ4v) is 1.49. The van der Waals surface area contributed by atoms with Gasteiger partial charge in [0.2, 0.25) is 0 Å². The summed E-state index contributed by atoms with van der Waals surface area (Å²) < 4.78 is 13.4. The number of aliphatic hydroxyl groups excluding tert-OH is 1. The molecule has 0 saturated carbocycles. The van der Waals surface area contributed by atoms with Crippen molar-refractivity contribution in [2.75, 3.05) is 6.61 Å². The van der Waals surface area contributed by atoms with Crippen LogP contribution in [0.25, 0.3) is 0 Å². The highest BCUT2D eigenvalue weighted by molar-refractivity contribution is 9.10. The van der Waals surface area contributed by atoms with Gasteiger partial charge in [-0.3, -0.25) is 0 Å². The lowest BCUT2D eigenvalue weighted by Gasteiger charge is -2.03. The summed E-state index contributed by atoms with van der Waals surface area (Å²) in [6, 6.07) is 3.12. The van der Waals surface area contributed by atoms with E-state index in [1.165, 1.54) is 6.07 Å². The third-order valence-electron chi connectivity index (χ3n) is 1.67. The average molecular weight is 268 g/mol. The van der Waals surface area contributed by atoms with Gasteiger partial charge in [0.25, 0.3) is 0 Å². The third-order valence-corrected chi connectivity index (χ3v) is 3.00. The van der Waals surface area contributed by atoms with E-state index >= 15 is 0 Å². The van der Waals surface area contributed by atoms with Crippen LogP contribution in [0.3, 0.4) is 0 Å². The van der Waals surface area contributed by atoms with Gasteiger partial charge < -0.3 is 5.11 Å². The highest BCUT2D eigenvalue weighted by atomic mass is 79.9. The van der Waals surface area contributed by atoms with Crippen LogP contribution in [0.2, 0.25) is 5.02 Å². The first-order valence-electron chi connectivity index (χ1n) is 3.89. The van der Waals surface area contributed by atoms with Crippen molar-refractivity contribution in [3.8, 4) is 0 Å². The number of rotatable bonds is 3. The van der Waals surface area contributed by atoms with Crippen LogP contribution in [0.15, 0.2) is 16.6 Å². The van der Waals surface area contributed by atoms with Crippen molar-refractivity contribution in [1.29, 1.82) is 0 Å². The lowest BCUT2D eigenvalue weighted by Crippen LogP contribution is -1.91. The maximum absolute atomic E-state index is 13.1. The molecule has 0 fully saturated rings. The van der Waals surface area contributed by atoms with Crippen LogP contribution in [0, 0.1) is 5.82 Å². The molecule has 0 bridgehead atoms. The van der Waals surface area contributed by atoms with Gasteiger partial charge in [0.05, 0.1) is 9.50 Å². The number of hydrogen-bond donors (Lipinski definition) is 1. The SMILES string of the molecule is OCCCc1cc(F)c(Br)c(Cl)c1. The highest BCUT2D eigenvalue weighted by Gasteiger charge is 2.06. The topological polar surface area (TPSA) is 20.2 Å². The van der Waals surface area contributed by atoms with Gasteiger partial charge in [-0.1, -0.05) is 11.6 Å². The Bertz CT molecular complexity index is 281. The summed E-state index contributed by atoms with van der Waals surface area (Å²) in [6.07, 6.45) is 1.26. The van der Waals surface area contributed by atoms with Gasteiger partial charge in [-0.15, -0.1) is 0 Å². The lowest BCUT2D eigenvalue weighted by molar-refractivity contribution is 0.288. The highest BCUT2D eigenvalue weighted by Crippen LogP contribution is 2.27. The molecule has 0 radical (unpaired) electrons. The van der Waals surface area contributed by atoms with E-state index in [1.807, 2.05) is 0 Å². The zero-order valence-corrected chi connectivity index (χ0v) is 9.20. The molecule has 1 nitrogen and oxygen atoms in total. The number of aryl methyl sites for hydroxylation is 1. The molecule has 1 N–H and O–H groups in total. The minimum absolute atomic E-state index is 0.106. The van der Waals surface area contributed by atoms with E-state index in [0.717, 1.165) is 5.56 Å². The minimum Gasteiger partial charge on any atom is -0.396 e. The van der Waals surface area contributed by atoms with E-state index in [1.54, 1.807) is 6.07 Å². The number of halogens is 3. The molecule has 1 aromatic rings. The van der Waals surface area contributed by atoms with E-state index in [-0.39, 0.29) is 12.4 Å². The molecule has 0 aliphatic heterocycles. The maximum atomic E-state index is 13.1. The molecule has 0 amide bonds. The first-order valence-corrected chi connectivity index (χ1v) is 5.06. The van der Waals surface area contributed by atoms with Gasteiger partial charge in [0.15, 0.2) is 0 Å². The van der Waals surface area contributed by atoms with E-state index in [0.29, 0.717) is 22.3 Å². The average Bonchev–Trinajstić information content (AvgIpc) is 2.10. The summed E-state index contributed by atoms with van der Waals surface area (Å²) in [5, 5.41) is 8.95. The molecule has 0 aromatic heterocycles. The predicted molar refractivity (Wildman–Crippen MR) is 54.5 cm³/mol. The Balaban J connectivity index is 2.86. The van der Waals surface area contributed by atoms with Crippen LogP contribution in [0.5, 0.6) is 0 Å². The Labute approximate surface area is 89.7 Å². The zero-order valence-electron chi connectivity index (χ0n) is 6.86. The van der Waals surface area contributed by atoms with Gasteiger partial charge >= 0.3 is 0 Å². The second kappa shape index (κ2) is 4.94. The molecule has 0 aliphatic carbocycles. The monoisotopic (exact) mass is 266 g/mol. The van der Waals surface area contributed by atoms with Crippen molar-refractivity contribution in [2.24, 2.45) is 0 Å². The molecule has 0 atom stereocenters. The number of aliphatic hydroxyl groups is 1. The van der Waals surface area contributed by atoms with Crippen LogP contribution in [-0.4, -0.2) is 11.7 Å². The summed E-state index contributed by atoms with van der Waals surface area (Å²) in [4.78, 5) is 0. The second-order valence-corrected chi connectivity index (χ2v) is 3.90. The van der Waals surface area contributed by atoms with Gasteiger partial charge in [0, 0.05) is 6.61 Å². The summed E-state index contributed by atoms with van der Waals surface area (Å²) >= 11 is 8.77. The van der Waals surface area contributed by atoms with Crippen LogP contribution >= 0.6 is 27.5 Å². The van der Waals surface area contributed by atoms with Crippen LogP contribution < -0.4 is 0 Å². The quantitative estimate of drug-likeness (QED) is 0.834. The van der Waals surface area contributed by atoms with E-state index in [4.69, 9.17) is 16.7 Å². The molecule has 0 saturated heterocycles. The largest absolute Gasteiger partial charge is 0.396 e. The predicted octanol–water partition coefficient (Wildman–Crippen LogP) is 3.17. The van der Waals surface area contributed by atoms with Crippen LogP contribution in [0.4, 0.5) is 4.39 Å². The molecule has 4 heteroatoms. The Morgan fingerprint density at radius 2 is 2.15 bits per heavy atom. The Kier molecular flexibility index (Phi) is 4.16. The van der Waals surface area contributed by atoms with Crippen molar-refractivity contribution in [1.82, 2.24) is 0 Å². The van der Waals surface area contributed by atoms with Gasteiger partial charge in [-0.2, -0.15) is 0 Å². The maximum Gasteiger partial charge on any atom is 0.139 e. The Hall–Kier alpha value is -0.120. The van der Waals surface area contributed by atoms with Crippen molar-refractivity contribution < 1.29 is 9.50 Å². The molecule has 1 aromatic carbocycles. The third kappa shape index (κ3) is 2.93. The van der Waals surface area contributed by atoms with E-state index in [9.17, 15) is 4.39 Å². The fourth-order valence-electron chi connectivity index (χ4n) is 1.04. The van der Waals surface area contributed by atoms with Crippen LogP contribution in [0.1, 0.15) is 12.0 Å². The zero-order chi connectivity index (χ0) is 9.84. The smallest absolute Gasteiger partial charge is 0.139 e. The van der Waals surface area contributed by atoms with E-state index in [2.05, 4.69) is 15.9 Å². The Morgan fingerprint density at radius 3 is 2.69 bits per heavy atom. The normalized spacial score (nSPS) is 10.5. The lowest BCUT2D eigenvalue weighted by atomic mass is 10.1. The van der Waals surface area contributed by atoms with Crippen molar-refractivity contribution in [3.63, 3.8) is 0 Å². The molecule has 13 heavy (non-hydrogen) atoms. The molecule has 0 unspecified atom stereocenters. The molecular formula is C9H9BrClFO. The summed E-state index contributed by atoms with van der Waals surface area (Å²) in [5.74, 6) is -0.361. The van der Waals surface area contributed by atoms with Crippen molar-refractivity contribution >= 4 is 27.5 Å². The van der Waals surface area contributed by atoms with Gasteiger partial charge in [-0.25, -0.2) is 4.39 Å². The molecule has 0 aliphatic rings. The summed E-state index contributed by atoms with van der Waals surface area (Å²) in [7, 11) is 0. The molecule has 1 rings (SSSR count). The van der Waals surface area contributed by atoms with Gasteiger partial charge in [0.1, 0.15) is 5.82 Å².